The van der Waals surface area contributed by atoms with Crippen LogP contribution in [0, 0.1) is 0 Å². The van der Waals surface area contributed by atoms with Gasteiger partial charge >= 0.3 is 0 Å². The zero-order valence-electron chi connectivity index (χ0n) is 54.5. The molecule has 10 heteroatoms. The average molecular weight is 1300 g/mol. The summed E-state index contributed by atoms with van der Waals surface area (Å²) in [6.07, 6.45) is 3.82. The Hall–Kier alpha value is -14.0. The molecule has 0 saturated heterocycles. The van der Waals surface area contributed by atoms with Crippen LogP contribution in [0.25, 0.3) is 222 Å². The molecule has 0 amide bonds. The van der Waals surface area contributed by atoms with Gasteiger partial charge in [-0.2, -0.15) is 0 Å². The first kappa shape index (κ1) is 56.1. The maximum absolute atomic E-state index is 5.37. The molecule has 2 aliphatic rings. The van der Waals surface area contributed by atoms with Crippen molar-refractivity contribution in [3.05, 3.63) is 316 Å². The number of nitrogens with zero attached hydrogens (tertiary/aromatic N) is 10. The monoisotopic (exact) mass is 1300 g/mol. The van der Waals surface area contributed by atoms with E-state index in [1.165, 1.54) is 76.5 Å². The van der Waals surface area contributed by atoms with Gasteiger partial charge in [0.1, 0.15) is 0 Å². The Morgan fingerprint density at radius 3 is 1.10 bits per heavy atom. The molecule has 0 radical (unpaired) electrons. The molecule has 0 N–H and O–H groups in total. The summed E-state index contributed by atoms with van der Waals surface area (Å²) >= 11 is 0. The van der Waals surface area contributed by atoms with Gasteiger partial charge in [-0.15, -0.1) is 0 Å². The Kier molecular flexibility index (Phi) is 12.0. The predicted octanol–water partition coefficient (Wildman–Crippen LogP) is 22.6. The SMILES string of the molecule is c1ccc(-c2nc(-c3ccccc3)nc(-c3ccc(-n4c5ccc6cccc7c6c5c5c(cc6cccnc6c54)-c4ccc(-c5ccc(-c6nc(-c8ccccc8)nc(-c8cccc(-n9c%10ccc%11cccc%12c%11c%10c%10c(cc%11cccnc%11c%109)-c9ccccc9-%12)c8)n6)cc5)cc4-7)cc3)n2)cc1. The minimum atomic E-state index is 0.577. The summed E-state index contributed by atoms with van der Waals surface area (Å²) in [7, 11) is 0. The van der Waals surface area contributed by atoms with Crippen molar-refractivity contribution in [2.75, 3.05) is 0 Å². The van der Waals surface area contributed by atoms with Gasteiger partial charge in [0.05, 0.1) is 33.1 Å². The van der Waals surface area contributed by atoms with Gasteiger partial charge in [0, 0.05) is 89.5 Å². The molecule has 0 saturated carbocycles. The van der Waals surface area contributed by atoms with Crippen molar-refractivity contribution in [3.8, 4) is 135 Å². The van der Waals surface area contributed by atoms with Crippen molar-refractivity contribution in [2.45, 2.75) is 0 Å². The van der Waals surface area contributed by atoms with Gasteiger partial charge in [-0.3, -0.25) is 9.97 Å². The first-order chi connectivity index (χ1) is 50.6. The van der Waals surface area contributed by atoms with Gasteiger partial charge in [-0.25, -0.2) is 29.9 Å². The number of aromatic nitrogens is 10. The quantitative estimate of drug-likeness (QED) is 0.140. The summed E-state index contributed by atoms with van der Waals surface area (Å²) in [6.45, 7) is 0. The van der Waals surface area contributed by atoms with Crippen LogP contribution in [0.15, 0.2) is 316 Å². The van der Waals surface area contributed by atoms with Gasteiger partial charge in [0.15, 0.2) is 34.9 Å². The Balaban J connectivity index is 0.656. The first-order valence-electron chi connectivity index (χ1n) is 34.4. The molecule has 0 unspecified atom stereocenters. The molecular formula is C92H52N10. The summed E-state index contributed by atoms with van der Waals surface area (Å²) in [4.78, 5) is 41.3. The second-order valence-corrected chi connectivity index (χ2v) is 26.5. The van der Waals surface area contributed by atoms with Crippen LogP contribution in [-0.4, -0.2) is 49.0 Å². The molecule has 20 aromatic rings. The molecule has 0 spiro atoms. The number of rotatable bonds is 9. The number of hydrogen-bond donors (Lipinski definition) is 0. The highest BCUT2D eigenvalue weighted by Crippen LogP contribution is 2.54. The highest BCUT2D eigenvalue weighted by molar-refractivity contribution is 6.35. The standard InChI is InChI=1S/C92H52N10/c1-4-17-56(18-5-1)87-95-88(57-19-6-2-7-20-57)97-91(96-87)60-37-42-65(43-38-60)101-75-45-40-55-24-14-32-71-72-50-61(39-44-69(72)74-52-63-27-16-47-93-83(63)85(101)80(74)81(75)78(55)71)53-33-35-59(36-34-53)90-98-89(58-21-8-3-9-22-58)99-92(100-90)64-25-12-28-66(49-64)102-76-46-41-54-23-13-31-70-67-29-10-11-30-68(67)73-51-62-26-15-48-94-84(62)86(102)79(73)82(76)77(54)70/h1-52H. The predicted molar refractivity (Wildman–Crippen MR) is 414 cm³/mol. The molecule has 2 aliphatic carbocycles. The fourth-order valence-corrected chi connectivity index (χ4v) is 16.4. The van der Waals surface area contributed by atoms with Gasteiger partial charge < -0.3 is 9.13 Å². The normalized spacial score (nSPS) is 12.1. The van der Waals surface area contributed by atoms with Gasteiger partial charge in [0.25, 0.3) is 0 Å². The average Bonchev–Trinajstić information content (AvgIpc) is 1.54. The summed E-state index contributed by atoms with van der Waals surface area (Å²) in [5, 5.41) is 11.8. The third-order valence-corrected chi connectivity index (χ3v) is 20.9. The van der Waals surface area contributed by atoms with Crippen LogP contribution in [0.4, 0.5) is 0 Å². The molecule has 22 rings (SSSR count). The lowest BCUT2D eigenvalue weighted by molar-refractivity contribution is 1.07. The molecule has 6 heterocycles. The lowest BCUT2D eigenvalue weighted by atomic mass is 9.89. The Morgan fingerprint density at radius 2 is 0.578 bits per heavy atom. The van der Waals surface area contributed by atoms with E-state index in [0.29, 0.717) is 34.9 Å². The summed E-state index contributed by atoms with van der Waals surface area (Å²) in [6, 6.07) is 108. The molecule has 0 aliphatic heterocycles. The minimum absolute atomic E-state index is 0.577. The zero-order chi connectivity index (χ0) is 66.7. The number of fused-ring (bicyclic) bond motifs is 10. The topological polar surface area (TPSA) is 113 Å². The molecule has 470 valence electrons. The van der Waals surface area contributed by atoms with Crippen molar-refractivity contribution in [2.24, 2.45) is 0 Å². The van der Waals surface area contributed by atoms with E-state index in [2.05, 4.69) is 221 Å². The maximum atomic E-state index is 5.37. The number of pyridine rings is 2. The van der Waals surface area contributed by atoms with Crippen LogP contribution in [-0.2, 0) is 0 Å². The largest absolute Gasteiger partial charge is 0.307 e. The van der Waals surface area contributed by atoms with Gasteiger partial charge in [0.2, 0.25) is 0 Å². The van der Waals surface area contributed by atoms with E-state index < -0.39 is 0 Å². The number of hydrogen-bond acceptors (Lipinski definition) is 8. The van der Waals surface area contributed by atoms with Crippen LogP contribution in [0.1, 0.15) is 0 Å². The van der Waals surface area contributed by atoms with Crippen molar-refractivity contribution >= 4 is 87.0 Å². The first-order valence-corrected chi connectivity index (χ1v) is 34.4. The molecule has 6 aromatic heterocycles. The summed E-state index contributed by atoms with van der Waals surface area (Å²) in [5.74, 6) is 3.61. The Labute approximate surface area is 583 Å². The number of benzene rings is 14. The van der Waals surface area contributed by atoms with E-state index in [0.717, 1.165) is 111 Å². The molecule has 0 bridgehead atoms. The molecule has 10 nitrogen and oxygen atoms in total. The lowest BCUT2D eigenvalue weighted by Gasteiger charge is -2.16. The highest BCUT2D eigenvalue weighted by atomic mass is 15.1. The summed E-state index contributed by atoms with van der Waals surface area (Å²) < 4.78 is 4.83. The lowest BCUT2D eigenvalue weighted by Crippen LogP contribution is -2.01. The second-order valence-electron chi connectivity index (χ2n) is 26.5. The van der Waals surface area contributed by atoms with E-state index in [1.54, 1.807) is 0 Å². The van der Waals surface area contributed by atoms with Crippen molar-refractivity contribution in [1.29, 1.82) is 0 Å². The van der Waals surface area contributed by atoms with E-state index in [-0.39, 0.29) is 0 Å². The third kappa shape index (κ3) is 8.41. The van der Waals surface area contributed by atoms with E-state index in [1.807, 2.05) is 103 Å². The van der Waals surface area contributed by atoms with Gasteiger partial charge in [-0.1, -0.05) is 224 Å². The van der Waals surface area contributed by atoms with E-state index >= 15 is 0 Å². The third-order valence-electron chi connectivity index (χ3n) is 20.9. The molecule has 0 atom stereocenters. The summed E-state index contributed by atoms with van der Waals surface area (Å²) in [5.41, 5.74) is 25.4. The Morgan fingerprint density at radius 1 is 0.196 bits per heavy atom. The smallest absolute Gasteiger partial charge is 0.164 e. The Bertz CT molecular complexity index is 6910. The molecule has 14 aromatic carbocycles. The molecule has 102 heavy (non-hydrogen) atoms. The fourth-order valence-electron chi connectivity index (χ4n) is 16.4. The van der Waals surface area contributed by atoms with Gasteiger partial charge in [-0.05, 0) is 156 Å². The minimum Gasteiger partial charge on any atom is -0.307 e. The highest BCUT2D eigenvalue weighted by Gasteiger charge is 2.30. The zero-order valence-corrected chi connectivity index (χ0v) is 54.5. The second kappa shape index (κ2) is 21.8. The van der Waals surface area contributed by atoms with Crippen molar-refractivity contribution in [3.63, 3.8) is 0 Å². The van der Waals surface area contributed by atoms with Crippen molar-refractivity contribution < 1.29 is 0 Å². The van der Waals surface area contributed by atoms with Crippen LogP contribution >= 0.6 is 0 Å². The van der Waals surface area contributed by atoms with Crippen LogP contribution < -0.4 is 0 Å². The van der Waals surface area contributed by atoms with E-state index in [4.69, 9.17) is 39.9 Å². The molecular weight excluding hydrogens is 1250 g/mol. The van der Waals surface area contributed by atoms with Crippen LogP contribution in [0.3, 0.4) is 0 Å². The molecule has 0 fully saturated rings. The fraction of sp³-hybridized carbons (Fsp3) is 0. The van der Waals surface area contributed by atoms with Crippen LogP contribution in [0.2, 0.25) is 0 Å². The maximum Gasteiger partial charge on any atom is 0.164 e. The van der Waals surface area contributed by atoms with Crippen molar-refractivity contribution in [1.82, 2.24) is 49.0 Å². The van der Waals surface area contributed by atoms with E-state index in [9.17, 15) is 0 Å². The van der Waals surface area contributed by atoms with Crippen LogP contribution in [0.5, 0.6) is 0 Å².